The van der Waals surface area contributed by atoms with E-state index in [-0.39, 0.29) is 24.4 Å². The van der Waals surface area contributed by atoms with E-state index in [0.717, 1.165) is 22.9 Å². The summed E-state index contributed by atoms with van der Waals surface area (Å²) in [5, 5.41) is 2.11. The van der Waals surface area contributed by atoms with E-state index in [1.807, 2.05) is 30.0 Å². The minimum absolute atomic E-state index is 0.0127. The zero-order valence-corrected chi connectivity index (χ0v) is 20.8. The van der Waals surface area contributed by atoms with Crippen LogP contribution in [0.1, 0.15) is 51.3 Å². The second-order valence-corrected chi connectivity index (χ2v) is 10.0. The van der Waals surface area contributed by atoms with Gasteiger partial charge < -0.3 is 9.80 Å². The van der Waals surface area contributed by atoms with E-state index in [1.54, 1.807) is 22.3 Å². The predicted octanol–water partition coefficient (Wildman–Crippen LogP) is 5.85. The van der Waals surface area contributed by atoms with Crippen molar-refractivity contribution in [2.75, 3.05) is 19.6 Å². The zero-order chi connectivity index (χ0) is 22.7. The highest BCUT2D eigenvalue weighted by molar-refractivity contribution is 9.10. The number of benzene rings is 2. The molecule has 0 saturated heterocycles. The summed E-state index contributed by atoms with van der Waals surface area (Å²) >= 11 is 5.24. The van der Waals surface area contributed by atoms with Gasteiger partial charge in [-0.15, -0.1) is 11.3 Å². The SMILES string of the molecule is CCCN(CC(=O)N1CCc2sccc2C1c1ccc(C)cc1)C(=O)c1ccccc1Br. The first-order valence-electron chi connectivity index (χ1n) is 11.0. The normalized spacial score (nSPS) is 15.3. The van der Waals surface area contributed by atoms with Gasteiger partial charge in [-0.25, -0.2) is 0 Å². The quantitative estimate of drug-likeness (QED) is 0.417. The standard InChI is InChI=1S/C26H27BrN2O2S/c1-3-14-28(26(31)20-6-4-5-7-22(20)27)17-24(30)29-15-12-23-21(13-16-32-23)25(29)19-10-8-18(2)9-11-19/h4-11,13,16,25H,3,12,14-15,17H2,1-2H3. The number of fused-ring (bicyclic) bond motifs is 1. The number of carbonyl (C=O) groups excluding carboxylic acids is 2. The number of nitrogens with zero attached hydrogens (tertiary/aromatic N) is 2. The Kier molecular flexibility index (Phi) is 7.11. The summed E-state index contributed by atoms with van der Waals surface area (Å²) in [4.78, 5) is 31.8. The minimum Gasteiger partial charge on any atom is -0.330 e. The van der Waals surface area contributed by atoms with Crippen LogP contribution in [0.15, 0.2) is 64.5 Å². The highest BCUT2D eigenvalue weighted by atomic mass is 79.9. The lowest BCUT2D eigenvalue weighted by molar-refractivity contribution is -0.134. The maximum absolute atomic E-state index is 13.6. The Bertz CT molecular complexity index is 1110. The van der Waals surface area contributed by atoms with Crippen LogP contribution >= 0.6 is 27.3 Å². The average Bonchev–Trinajstić information content (AvgIpc) is 3.27. The summed E-state index contributed by atoms with van der Waals surface area (Å²) in [5.74, 6) is -0.130. The van der Waals surface area contributed by atoms with Crippen molar-refractivity contribution in [3.8, 4) is 0 Å². The summed E-state index contributed by atoms with van der Waals surface area (Å²) in [5.41, 5.74) is 4.10. The molecule has 1 aliphatic heterocycles. The number of rotatable bonds is 6. The second kappa shape index (κ2) is 10.0. The van der Waals surface area contributed by atoms with Crippen molar-refractivity contribution in [2.45, 2.75) is 32.7 Å². The number of hydrogen-bond acceptors (Lipinski definition) is 3. The van der Waals surface area contributed by atoms with Crippen molar-refractivity contribution in [3.63, 3.8) is 0 Å². The molecule has 0 radical (unpaired) electrons. The molecule has 0 N–H and O–H groups in total. The molecule has 4 rings (SSSR count). The van der Waals surface area contributed by atoms with Gasteiger partial charge in [0.15, 0.2) is 0 Å². The van der Waals surface area contributed by atoms with E-state index in [9.17, 15) is 9.59 Å². The minimum atomic E-state index is -0.118. The Hall–Kier alpha value is -2.44. The Labute approximate surface area is 202 Å². The van der Waals surface area contributed by atoms with E-state index in [1.165, 1.54) is 16.0 Å². The molecule has 6 heteroatoms. The van der Waals surface area contributed by atoms with Gasteiger partial charge >= 0.3 is 0 Å². The van der Waals surface area contributed by atoms with Crippen LogP contribution in [0.25, 0.3) is 0 Å². The Morgan fingerprint density at radius 2 is 1.88 bits per heavy atom. The summed E-state index contributed by atoms with van der Waals surface area (Å²) in [6.07, 6.45) is 1.65. The van der Waals surface area contributed by atoms with Crippen LogP contribution in [0.2, 0.25) is 0 Å². The smallest absolute Gasteiger partial charge is 0.255 e. The molecule has 1 aliphatic rings. The van der Waals surface area contributed by atoms with Crippen molar-refractivity contribution in [1.82, 2.24) is 9.80 Å². The summed E-state index contributed by atoms with van der Waals surface area (Å²) in [6, 6.07) is 17.8. The lowest BCUT2D eigenvalue weighted by Gasteiger charge is -2.37. The van der Waals surface area contributed by atoms with Crippen LogP contribution in [0.5, 0.6) is 0 Å². The molecule has 0 aliphatic carbocycles. The molecule has 0 saturated carbocycles. The van der Waals surface area contributed by atoms with Crippen molar-refractivity contribution >= 4 is 39.1 Å². The number of thiophene rings is 1. The number of aryl methyl sites for hydroxylation is 1. The lowest BCUT2D eigenvalue weighted by Crippen LogP contribution is -2.47. The van der Waals surface area contributed by atoms with Gasteiger partial charge in [0, 0.05) is 22.4 Å². The molecule has 4 nitrogen and oxygen atoms in total. The van der Waals surface area contributed by atoms with Gasteiger partial charge in [0.2, 0.25) is 5.91 Å². The summed E-state index contributed by atoms with van der Waals surface area (Å²) in [6.45, 7) is 5.38. The average molecular weight is 511 g/mol. The van der Waals surface area contributed by atoms with Gasteiger partial charge in [0.25, 0.3) is 5.91 Å². The van der Waals surface area contributed by atoms with Gasteiger partial charge in [-0.3, -0.25) is 9.59 Å². The number of carbonyl (C=O) groups is 2. The summed E-state index contributed by atoms with van der Waals surface area (Å²) in [7, 11) is 0. The largest absolute Gasteiger partial charge is 0.330 e. The Morgan fingerprint density at radius 1 is 1.12 bits per heavy atom. The molecule has 0 fully saturated rings. The second-order valence-electron chi connectivity index (χ2n) is 8.16. The van der Waals surface area contributed by atoms with E-state index >= 15 is 0 Å². The topological polar surface area (TPSA) is 40.6 Å². The van der Waals surface area contributed by atoms with Crippen LogP contribution in [0.4, 0.5) is 0 Å². The van der Waals surface area contributed by atoms with E-state index in [4.69, 9.17) is 0 Å². The third-order valence-corrected chi connectivity index (χ3v) is 7.58. The predicted molar refractivity (Wildman–Crippen MR) is 133 cm³/mol. The number of amides is 2. The van der Waals surface area contributed by atoms with Crippen molar-refractivity contribution in [1.29, 1.82) is 0 Å². The Balaban J connectivity index is 1.62. The molecular weight excluding hydrogens is 484 g/mol. The first kappa shape index (κ1) is 22.7. The highest BCUT2D eigenvalue weighted by Gasteiger charge is 2.34. The van der Waals surface area contributed by atoms with Gasteiger partial charge in [-0.05, 0) is 70.4 Å². The molecule has 2 aromatic carbocycles. The van der Waals surface area contributed by atoms with Crippen LogP contribution in [-0.2, 0) is 11.2 Å². The summed E-state index contributed by atoms with van der Waals surface area (Å²) < 4.78 is 0.747. The first-order chi connectivity index (χ1) is 15.5. The van der Waals surface area contributed by atoms with Gasteiger partial charge in [-0.1, -0.05) is 48.9 Å². The zero-order valence-electron chi connectivity index (χ0n) is 18.4. The molecule has 1 unspecified atom stereocenters. The molecule has 2 amide bonds. The fraction of sp³-hybridized carbons (Fsp3) is 0.308. The fourth-order valence-corrected chi connectivity index (χ4v) is 5.63. The van der Waals surface area contributed by atoms with Crippen molar-refractivity contribution in [3.05, 3.63) is 91.6 Å². The van der Waals surface area contributed by atoms with E-state index in [2.05, 4.69) is 58.6 Å². The molecule has 32 heavy (non-hydrogen) atoms. The highest BCUT2D eigenvalue weighted by Crippen LogP contribution is 2.38. The fourth-order valence-electron chi connectivity index (χ4n) is 4.27. The van der Waals surface area contributed by atoms with Gasteiger partial charge in [0.05, 0.1) is 11.6 Å². The monoisotopic (exact) mass is 510 g/mol. The third-order valence-electron chi connectivity index (χ3n) is 5.89. The van der Waals surface area contributed by atoms with Crippen LogP contribution in [0.3, 0.4) is 0 Å². The van der Waals surface area contributed by atoms with Crippen LogP contribution in [0, 0.1) is 6.92 Å². The van der Waals surface area contributed by atoms with Gasteiger partial charge in [-0.2, -0.15) is 0 Å². The van der Waals surface area contributed by atoms with Crippen LogP contribution < -0.4 is 0 Å². The lowest BCUT2D eigenvalue weighted by atomic mass is 9.92. The molecule has 3 aromatic rings. The van der Waals surface area contributed by atoms with Crippen molar-refractivity contribution in [2.24, 2.45) is 0 Å². The molecule has 0 spiro atoms. The van der Waals surface area contributed by atoms with E-state index < -0.39 is 0 Å². The maximum atomic E-state index is 13.6. The molecule has 2 heterocycles. The van der Waals surface area contributed by atoms with Gasteiger partial charge in [0.1, 0.15) is 6.54 Å². The molecule has 1 atom stereocenters. The van der Waals surface area contributed by atoms with Crippen molar-refractivity contribution < 1.29 is 9.59 Å². The number of hydrogen-bond donors (Lipinski definition) is 0. The Morgan fingerprint density at radius 3 is 2.59 bits per heavy atom. The molecule has 166 valence electrons. The molecule has 1 aromatic heterocycles. The molecular formula is C26H27BrN2O2S. The van der Waals surface area contributed by atoms with Crippen LogP contribution in [-0.4, -0.2) is 41.2 Å². The molecule has 0 bridgehead atoms. The number of halogens is 1. The van der Waals surface area contributed by atoms with E-state index in [0.29, 0.717) is 18.7 Å². The first-order valence-corrected chi connectivity index (χ1v) is 12.6. The maximum Gasteiger partial charge on any atom is 0.255 e. The third kappa shape index (κ3) is 4.66.